The van der Waals surface area contributed by atoms with Crippen LogP contribution in [0.25, 0.3) is 0 Å². The van der Waals surface area contributed by atoms with Gasteiger partial charge in [0.1, 0.15) is 0 Å². The molecule has 0 radical (unpaired) electrons. The van der Waals surface area contributed by atoms with Gasteiger partial charge in [0.2, 0.25) is 5.91 Å². The molecule has 1 fully saturated rings. The first-order valence-electron chi connectivity index (χ1n) is 7.84. The third-order valence-corrected chi connectivity index (χ3v) is 3.81. The lowest BCUT2D eigenvalue weighted by molar-refractivity contribution is -0.115. The van der Waals surface area contributed by atoms with Crippen LogP contribution in [0.1, 0.15) is 56.3 Å². The third-order valence-electron chi connectivity index (χ3n) is 3.81. The van der Waals surface area contributed by atoms with Gasteiger partial charge in [-0.25, -0.2) is 5.43 Å². The molecule has 22 heavy (non-hydrogen) atoms. The van der Waals surface area contributed by atoms with E-state index in [1.54, 1.807) is 31.2 Å². The Morgan fingerprint density at radius 3 is 2.64 bits per heavy atom. The fourth-order valence-corrected chi connectivity index (χ4v) is 2.51. The van der Waals surface area contributed by atoms with E-state index in [4.69, 9.17) is 0 Å². The zero-order valence-corrected chi connectivity index (χ0v) is 13.2. The number of carbonyl (C=O) groups excluding carboxylic acids is 2. The molecular formula is C17H23N3O2. The Bertz CT molecular complexity index is 564. The zero-order chi connectivity index (χ0) is 15.9. The predicted octanol–water partition coefficient (Wildman–Crippen LogP) is 3.33. The number of rotatable bonds is 4. The van der Waals surface area contributed by atoms with Crippen molar-refractivity contribution in [3.05, 3.63) is 29.8 Å². The number of anilines is 1. The molecule has 1 aliphatic rings. The summed E-state index contributed by atoms with van der Waals surface area (Å²) in [6.45, 7) is 4.00. The normalized spacial score (nSPS) is 19.7. The molecule has 0 aliphatic heterocycles. The Labute approximate surface area is 131 Å². The molecule has 0 saturated heterocycles. The summed E-state index contributed by atoms with van der Waals surface area (Å²) in [6.07, 6.45) is 4.73. The first-order valence-corrected chi connectivity index (χ1v) is 7.84. The summed E-state index contributed by atoms with van der Waals surface area (Å²) < 4.78 is 0. The smallest absolute Gasteiger partial charge is 0.271 e. The molecule has 0 unspecified atom stereocenters. The second kappa shape index (κ2) is 7.73. The molecule has 1 aliphatic carbocycles. The van der Waals surface area contributed by atoms with E-state index in [2.05, 4.69) is 22.8 Å². The van der Waals surface area contributed by atoms with Gasteiger partial charge >= 0.3 is 0 Å². The van der Waals surface area contributed by atoms with Crippen LogP contribution in [-0.4, -0.2) is 17.5 Å². The topological polar surface area (TPSA) is 70.6 Å². The maximum Gasteiger partial charge on any atom is 0.271 e. The van der Waals surface area contributed by atoms with Crippen molar-refractivity contribution in [1.29, 1.82) is 0 Å². The molecular weight excluding hydrogens is 278 g/mol. The minimum absolute atomic E-state index is 0.0463. The Hall–Kier alpha value is -2.17. The first kappa shape index (κ1) is 16.2. The van der Waals surface area contributed by atoms with Gasteiger partial charge in [-0.15, -0.1) is 0 Å². The van der Waals surface area contributed by atoms with Crippen molar-refractivity contribution in [2.75, 3.05) is 5.32 Å². The monoisotopic (exact) mass is 301 g/mol. The van der Waals surface area contributed by atoms with Crippen LogP contribution in [0.15, 0.2) is 29.4 Å². The number of benzene rings is 1. The van der Waals surface area contributed by atoms with E-state index < -0.39 is 0 Å². The molecule has 0 aromatic heterocycles. The van der Waals surface area contributed by atoms with Gasteiger partial charge in [0.15, 0.2) is 0 Å². The SMILES string of the molecule is CCC(=O)Nc1ccc(C(=O)N/N=C2\CCC[C@H](C)C2)cc1. The summed E-state index contributed by atoms with van der Waals surface area (Å²) in [6, 6.07) is 6.81. The molecule has 1 aromatic carbocycles. The predicted molar refractivity (Wildman–Crippen MR) is 87.9 cm³/mol. The molecule has 2 amide bonds. The van der Waals surface area contributed by atoms with Crippen LogP contribution in [0.3, 0.4) is 0 Å². The number of amides is 2. The van der Waals surface area contributed by atoms with E-state index in [1.165, 1.54) is 6.42 Å². The summed E-state index contributed by atoms with van der Waals surface area (Å²) in [7, 11) is 0. The quantitative estimate of drug-likeness (QED) is 0.837. The van der Waals surface area contributed by atoms with Crippen molar-refractivity contribution in [1.82, 2.24) is 5.43 Å². The van der Waals surface area contributed by atoms with Crippen molar-refractivity contribution in [2.45, 2.75) is 46.0 Å². The van der Waals surface area contributed by atoms with Crippen LogP contribution < -0.4 is 10.7 Å². The molecule has 5 heteroatoms. The standard InChI is InChI=1S/C17H23N3O2/c1-3-16(21)18-14-9-7-13(8-10-14)17(22)20-19-15-6-4-5-12(2)11-15/h7-10,12H,3-6,11H2,1-2H3,(H,18,21)(H,20,22)/b19-15+/t12-/m0/s1. The summed E-state index contributed by atoms with van der Waals surface area (Å²) in [4.78, 5) is 23.3. The number of carbonyl (C=O) groups is 2. The zero-order valence-electron chi connectivity index (χ0n) is 13.2. The van der Waals surface area contributed by atoms with E-state index >= 15 is 0 Å². The van der Waals surface area contributed by atoms with Gasteiger partial charge in [-0.05, 0) is 55.9 Å². The van der Waals surface area contributed by atoms with Gasteiger partial charge in [-0.1, -0.05) is 13.8 Å². The molecule has 1 aromatic rings. The summed E-state index contributed by atoms with van der Waals surface area (Å²) in [5.41, 5.74) is 4.91. The van der Waals surface area contributed by atoms with E-state index in [9.17, 15) is 9.59 Å². The largest absolute Gasteiger partial charge is 0.326 e. The summed E-state index contributed by atoms with van der Waals surface area (Å²) in [5, 5.41) is 6.99. The number of hydrogen-bond acceptors (Lipinski definition) is 3. The fraction of sp³-hybridized carbons (Fsp3) is 0.471. The maximum atomic E-state index is 12.1. The highest BCUT2D eigenvalue weighted by atomic mass is 16.2. The number of nitrogens with one attached hydrogen (secondary N) is 2. The van der Waals surface area contributed by atoms with Crippen LogP contribution in [0.2, 0.25) is 0 Å². The molecule has 118 valence electrons. The van der Waals surface area contributed by atoms with Crippen molar-refractivity contribution < 1.29 is 9.59 Å². The number of hydrazone groups is 1. The number of nitrogens with zero attached hydrogens (tertiary/aromatic N) is 1. The van der Waals surface area contributed by atoms with Crippen LogP contribution in [0.5, 0.6) is 0 Å². The Kier molecular flexibility index (Phi) is 5.69. The van der Waals surface area contributed by atoms with E-state index in [-0.39, 0.29) is 11.8 Å². The molecule has 5 nitrogen and oxygen atoms in total. The first-order chi connectivity index (χ1) is 10.6. The second-order valence-electron chi connectivity index (χ2n) is 5.80. The van der Waals surface area contributed by atoms with Gasteiger partial charge in [-0.3, -0.25) is 9.59 Å². The van der Waals surface area contributed by atoms with Crippen LogP contribution in [-0.2, 0) is 4.79 Å². The van der Waals surface area contributed by atoms with Gasteiger partial charge in [-0.2, -0.15) is 5.10 Å². The Morgan fingerprint density at radius 2 is 2.00 bits per heavy atom. The van der Waals surface area contributed by atoms with Crippen LogP contribution >= 0.6 is 0 Å². The minimum atomic E-state index is -0.223. The highest BCUT2D eigenvalue weighted by Gasteiger charge is 2.14. The Balaban J connectivity index is 1.92. The lowest BCUT2D eigenvalue weighted by atomic mass is 9.89. The van der Waals surface area contributed by atoms with Gasteiger partial charge < -0.3 is 5.32 Å². The molecule has 1 saturated carbocycles. The molecule has 0 bridgehead atoms. The maximum absolute atomic E-state index is 12.1. The Morgan fingerprint density at radius 1 is 1.27 bits per heavy atom. The molecule has 1 atom stereocenters. The van der Waals surface area contributed by atoms with Crippen molar-refractivity contribution in [3.63, 3.8) is 0 Å². The second-order valence-corrected chi connectivity index (χ2v) is 5.80. The number of hydrogen-bond donors (Lipinski definition) is 2. The lowest BCUT2D eigenvalue weighted by Gasteiger charge is -2.18. The van der Waals surface area contributed by atoms with Gasteiger partial charge in [0.05, 0.1) is 0 Å². The van der Waals surface area contributed by atoms with Crippen molar-refractivity contribution in [2.24, 2.45) is 11.0 Å². The highest BCUT2D eigenvalue weighted by molar-refractivity contribution is 5.96. The molecule has 2 N–H and O–H groups in total. The average molecular weight is 301 g/mol. The van der Waals surface area contributed by atoms with E-state index in [0.29, 0.717) is 23.6 Å². The van der Waals surface area contributed by atoms with Crippen LogP contribution in [0, 0.1) is 5.92 Å². The lowest BCUT2D eigenvalue weighted by Crippen LogP contribution is -2.22. The fourth-order valence-electron chi connectivity index (χ4n) is 2.51. The molecule has 0 heterocycles. The average Bonchev–Trinajstić information content (AvgIpc) is 2.53. The van der Waals surface area contributed by atoms with Crippen molar-refractivity contribution in [3.8, 4) is 0 Å². The van der Waals surface area contributed by atoms with Gasteiger partial charge in [0.25, 0.3) is 5.91 Å². The minimum Gasteiger partial charge on any atom is -0.326 e. The summed E-state index contributed by atoms with van der Waals surface area (Å²) in [5.74, 6) is 0.375. The van der Waals surface area contributed by atoms with Crippen LogP contribution in [0.4, 0.5) is 5.69 Å². The van der Waals surface area contributed by atoms with Gasteiger partial charge in [0, 0.05) is 23.4 Å². The van der Waals surface area contributed by atoms with E-state index in [1.807, 2.05) is 0 Å². The van der Waals surface area contributed by atoms with Crippen molar-refractivity contribution >= 4 is 23.2 Å². The molecule has 0 spiro atoms. The van der Waals surface area contributed by atoms with E-state index in [0.717, 1.165) is 25.0 Å². The third kappa shape index (κ3) is 4.69. The summed E-state index contributed by atoms with van der Waals surface area (Å²) >= 11 is 0. The molecule has 2 rings (SSSR count). The highest BCUT2D eigenvalue weighted by Crippen LogP contribution is 2.21.